The lowest BCUT2D eigenvalue weighted by Gasteiger charge is -2.10. The van der Waals surface area contributed by atoms with Crippen molar-refractivity contribution >= 4 is 66.5 Å². The first-order chi connectivity index (χ1) is 12.2. The maximum Gasteiger partial charge on any atom is 0.238 e. The normalized spacial score (nSPS) is 12.9. The minimum atomic E-state index is -3.75. The first kappa shape index (κ1) is 19.1. The lowest BCUT2D eigenvalue weighted by molar-refractivity contribution is -0.115. The number of thiazole rings is 1. The SMILES string of the molecule is C[C@@H](Sc1nc2cc(Cl)ccc2s1)C(=O)Nc1ccc(S(N)(=O)=O)cc1. The number of nitrogens with zero attached hydrogens (tertiary/aromatic N) is 1. The van der Waals surface area contributed by atoms with E-state index in [1.165, 1.54) is 47.4 Å². The molecule has 1 heterocycles. The van der Waals surface area contributed by atoms with Crippen molar-refractivity contribution in [2.45, 2.75) is 21.4 Å². The van der Waals surface area contributed by atoms with Gasteiger partial charge in [-0.25, -0.2) is 18.5 Å². The zero-order valence-electron chi connectivity index (χ0n) is 13.5. The van der Waals surface area contributed by atoms with E-state index in [9.17, 15) is 13.2 Å². The van der Waals surface area contributed by atoms with E-state index in [-0.39, 0.29) is 16.1 Å². The van der Waals surface area contributed by atoms with Gasteiger partial charge in [-0.15, -0.1) is 11.3 Å². The summed E-state index contributed by atoms with van der Waals surface area (Å²) < 4.78 is 24.3. The second-order valence-electron chi connectivity index (χ2n) is 5.41. The van der Waals surface area contributed by atoms with Crippen molar-refractivity contribution in [3.05, 3.63) is 47.5 Å². The number of fused-ring (bicyclic) bond motifs is 1. The molecule has 3 rings (SSSR count). The predicted molar refractivity (Wildman–Crippen MR) is 106 cm³/mol. The average molecular weight is 428 g/mol. The van der Waals surface area contributed by atoms with Gasteiger partial charge in [-0.1, -0.05) is 23.4 Å². The number of thioether (sulfide) groups is 1. The standard InChI is InChI=1S/C16H14ClN3O3S3/c1-9(24-16-20-13-8-10(17)2-7-14(13)25-16)15(21)19-11-3-5-12(6-4-11)26(18,22)23/h2-9H,1H3,(H,19,21)(H2,18,22,23)/t9-/m1/s1. The van der Waals surface area contributed by atoms with Crippen molar-refractivity contribution in [3.63, 3.8) is 0 Å². The van der Waals surface area contributed by atoms with Gasteiger partial charge in [-0.3, -0.25) is 4.79 Å². The van der Waals surface area contributed by atoms with Crippen LogP contribution in [-0.2, 0) is 14.8 Å². The number of nitrogens with one attached hydrogen (secondary N) is 1. The molecular formula is C16H14ClN3O3S3. The Labute approximate surface area is 163 Å². The van der Waals surface area contributed by atoms with E-state index in [4.69, 9.17) is 16.7 Å². The molecule has 3 N–H and O–H groups in total. The average Bonchev–Trinajstić information content (AvgIpc) is 2.95. The topological polar surface area (TPSA) is 102 Å². The summed E-state index contributed by atoms with van der Waals surface area (Å²) >= 11 is 8.80. The van der Waals surface area contributed by atoms with Crippen LogP contribution in [-0.4, -0.2) is 24.6 Å². The van der Waals surface area contributed by atoms with E-state index >= 15 is 0 Å². The van der Waals surface area contributed by atoms with Crippen molar-refractivity contribution in [1.29, 1.82) is 0 Å². The van der Waals surface area contributed by atoms with Crippen molar-refractivity contribution < 1.29 is 13.2 Å². The van der Waals surface area contributed by atoms with E-state index in [2.05, 4.69) is 10.3 Å². The number of anilines is 1. The van der Waals surface area contributed by atoms with Gasteiger partial charge in [0.25, 0.3) is 0 Å². The van der Waals surface area contributed by atoms with Crippen LogP contribution in [0.25, 0.3) is 10.2 Å². The number of benzene rings is 2. The fourth-order valence-corrected chi connectivity index (χ4v) is 4.98. The Morgan fingerprint density at radius 1 is 1.27 bits per heavy atom. The van der Waals surface area contributed by atoms with Gasteiger partial charge in [0, 0.05) is 10.7 Å². The summed E-state index contributed by atoms with van der Waals surface area (Å²) in [6.45, 7) is 1.78. The van der Waals surface area contributed by atoms with Crippen LogP contribution in [0.1, 0.15) is 6.92 Å². The molecule has 1 atom stereocenters. The molecule has 136 valence electrons. The van der Waals surface area contributed by atoms with Gasteiger partial charge in [-0.2, -0.15) is 0 Å². The Hall–Kier alpha value is -1.65. The van der Waals surface area contributed by atoms with Gasteiger partial charge in [-0.05, 0) is 49.4 Å². The summed E-state index contributed by atoms with van der Waals surface area (Å²) in [6, 6.07) is 11.2. The summed E-state index contributed by atoms with van der Waals surface area (Å²) in [6.07, 6.45) is 0. The number of hydrogen-bond donors (Lipinski definition) is 2. The fraction of sp³-hybridized carbons (Fsp3) is 0.125. The van der Waals surface area contributed by atoms with Gasteiger partial charge in [0.05, 0.1) is 20.4 Å². The molecule has 0 saturated heterocycles. The number of aromatic nitrogens is 1. The highest BCUT2D eigenvalue weighted by atomic mass is 35.5. The Balaban J connectivity index is 1.67. The first-order valence-electron chi connectivity index (χ1n) is 7.39. The van der Waals surface area contributed by atoms with Crippen LogP contribution >= 0.6 is 34.7 Å². The summed E-state index contributed by atoms with van der Waals surface area (Å²) in [5.41, 5.74) is 1.29. The molecule has 10 heteroatoms. The van der Waals surface area contributed by atoms with E-state index in [0.717, 1.165) is 14.6 Å². The summed E-state index contributed by atoms with van der Waals surface area (Å²) in [4.78, 5) is 16.8. The lowest BCUT2D eigenvalue weighted by Crippen LogP contribution is -2.22. The predicted octanol–water partition coefficient (Wildman–Crippen LogP) is 3.72. The number of amides is 1. The van der Waals surface area contributed by atoms with Crippen molar-refractivity contribution in [2.24, 2.45) is 5.14 Å². The Bertz CT molecular complexity index is 1070. The zero-order chi connectivity index (χ0) is 18.9. The van der Waals surface area contributed by atoms with E-state index in [0.29, 0.717) is 10.7 Å². The number of sulfonamides is 1. The second kappa shape index (κ2) is 7.53. The van der Waals surface area contributed by atoms with Gasteiger partial charge < -0.3 is 5.32 Å². The molecule has 0 fully saturated rings. The summed E-state index contributed by atoms with van der Waals surface area (Å²) in [5, 5.41) is 8.03. The highest BCUT2D eigenvalue weighted by Crippen LogP contribution is 2.33. The molecule has 26 heavy (non-hydrogen) atoms. The highest BCUT2D eigenvalue weighted by Gasteiger charge is 2.17. The number of halogens is 1. The zero-order valence-corrected chi connectivity index (χ0v) is 16.7. The lowest BCUT2D eigenvalue weighted by atomic mass is 10.3. The molecule has 0 aliphatic carbocycles. The van der Waals surface area contributed by atoms with Crippen molar-refractivity contribution in [2.75, 3.05) is 5.32 Å². The molecule has 1 aromatic heterocycles. The maximum atomic E-state index is 12.3. The highest BCUT2D eigenvalue weighted by molar-refractivity contribution is 8.02. The van der Waals surface area contributed by atoms with Gasteiger partial charge in [0.2, 0.25) is 15.9 Å². The minimum Gasteiger partial charge on any atom is -0.325 e. The number of hydrogen-bond acceptors (Lipinski definition) is 6. The van der Waals surface area contributed by atoms with Crippen LogP contribution in [0, 0.1) is 0 Å². The molecule has 0 aliphatic heterocycles. The Morgan fingerprint density at radius 2 is 1.96 bits per heavy atom. The minimum absolute atomic E-state index is 0.00828. The molecular weight excluding hydrogens is 414 g/mol. The van der Waals surface area contributed by atoms with Gasteiger partial charge in [0.1, 0.15) is 0 Å². The van der Waals surface area contributed by atoms with Crippen LogP contribution in [0.2, 0.25) is 5.02 Å². The molecule has 0 aliphatic rings. The summed E-state index contributed by atoms with van der Waals surface area (Å²) in [5.74, 6) is -0.212. The number of carbonyl (C=O) groups is 1. The molecule has 0 unspecified atom stereocenters. The molecule has 2 aromatic carbocycles. The molecule has 0 saturated carbocycles. The monoisotopic (exact) mass is 427 g/mol. The number of rotatable bonds is 5. The molecule has 6 nitrogen and oxygen atoms in total. The maximum absolute atomic E-state index is 12.3. The molecule has 0 radical (unpaired) electrons. The molecule has 1 amide bonds. The van der Waals surface area contributed by atoms with Crippen LogP contribution in [0.3, 0.4) is 0 Å². The van der Waals surface area contributed by atoms with Gasteiger partial charge in [0.15, 0.2) is 4.34 Å². The number of primary sulfonamides is 1. The van der Waals surface area contributed by atoms with Crippen molar-refractivity contribution in [1.82, 2.24) is 4.98 Å². The number of carbonyl (C=O) groups excluding carboxylic acids is 1. The van der Waals surface area contributed by atoms with E-state index in [1.54, 1.807) is 19.1 Å². The third-order valence-electron chi connectivity index (χ3n) is 3.43. The van der Waals surface area contributed by atoms with Gasteiger partial charge >= 0.3 is 0 Å². The quantitative estimate of drug-likeness (QED) is 0.604. The molecule has 0 spiro atoms. The first-order valence-corrected chi connectivity index (χ1v) is 11.0. The van der Waals surface area contributed by atoms with Crippen LogP contribution < -0.4 is 10.5 Å². The van der Waals surface area contributed by atoms with Crippen LogP contribution in [0.4, 0.5) is 5.69 Å². The van der Waals surface area contributed by atoms with E-state index < -0.39 is 10.0 Å². The van der Waals surface area contributed by atoms with Crippen LogP contribution in [0.5, 0.6) is 0 Å². The summed E-state index contributed by atoms with van der Waals surface area (Å²) in [7, 11) is -3.75. The molecule has 0 bridgehead atoms. The smallest absolute Gasteiger partial charge is 0.238 e. The van der Waals surface area contributed by atoms with Crippen LogP contribution in [0.15, 0.2) is 51.7 Å². The number of nitrogens with two attached hydrogens (primary N) is 1. The largest absolute Gasteiger partial charge is 0.325 e. The third kappa shape index (κ3) is 4.54. The Morgan fingerprint density at radius 3 is 2.62 bits per heavy atom. The Kier molecular flexibility index (Phi) is 5.54. The third-order valence-corrected chi connectivity index (χ3v) is 6.82. The molecule has 3 aromatic rings. The fourth-order valence-electron chi connectivity index (χ4n) is 2.11. The second-order valence-corrected chi connectivity index (χ2v) is 10.0. The van der Waals surface area contributed by atoms with E-state index in [1.807, 2.05) is 6.07 Å². The van der Waals surface area contributed by atoms with Crippen molar-refractivity contribution in [3.8, 4) is 0 Å².